The third-order valence-electron chi connectivity index (χ3n) is 5.36. The number of halogens is 1. The molecule has 1 amide bonds. The number of amides is 1. The largest absolute Gasteiger partial charge is 0.385 e. The topological polar surface area (TPSA) is 82.7 Å². The predicted octanol–water partition coefficient (Wildman–Crippen LogP) is 1.59. The Bertz CT molecular complexity index is 845. The van der Waals surface area contributed by atoms with Crippen molar-refractivity contribution in [1.29, 1.82) is 0 Å². The average Bonchev–Trinajstić information content (AvgIpc) is 2.64. The molecule has 0 aliphatic carbocycles. The molecule has 1 saturated heterocycles. The highest BCUT2D eigenvalue weighted by molar-refractivity contribution is 5.92. The molecule has 6 nitrogen and oxygen atoms in total. The lowest BCUT2D eigenvalue weighted by Gasteiger charge is -2.46. The van der Waals surface area contributed by atoms with Crippen molar-refractivity contribution in [3.8, 4) is 0 Å². The molecule has 1 aliphatic heterocycles. The molecule has 1 aliphatic rings. The van der Waals surface area contributed by atoms with Crippen LogP contribution in [0, 0.1) is 11.7 Å². The van der Waals surface area contributed by atoms with Gasteiger partial charge in [0, 0.05) is 43.9 Å². The van der Waals surface area contributed by atoms with Crippen molar-refractivity contribution >= 4 is 5.91 Å². The molecule has 3 N–H and O–H groups in total. The van der Waals surface area contributed by atoms with Crippen LogP contribution in [0.15, 0.2) is 42.7 Å². The van der Waals surface area contributed by atoms with Gasteiger partial charge in [-0.1, -0.05) is 12.1 Å². The minimum Gasteiger partial charge on any atom is -0.385 e. The molecule has 0 saturated carbocycles. The van der Waals surface area contributed by atoms with Crippen molar-refractivity contribution in [2.24, 2.45) is 11.7 Å². The van der Waals surface area contributed by atoms with Crippen LogP contribution in [0.3, 0.4) is 0 Å². The Hall–Kier alpha value is -2.35. The number of pyridine rings is 1. The summed E-state index contributed by atoms with van der Waals surface area (Å²) in [6.45, 7) is 2.55. The molecular weight excluding hydrogens is 359 g/mol. The number of nitrogens with zero attached hydrogens (tertiary/aromatic N) is 3. The molecule has 7 heteroatoms. The number of rotatable bonds is 6. The van der Waals surface area contributed by atoms with Gasteiger partial charge < -0.3 is 15.7 Å². The first-order valence-corrected chi connectivity index (χ1v) is 9.37. The Morgan fingerprint density at radius 2 is 2.18 bits per heavy atom. The molecule has 28 heavy (non-hydrogen) atoms. The summed E-state index contributed by atoms with van der Waals surface area (Å²) in [5, 5.41) is 11.6. The summed E-state index contributed by atoms with van der Waals surface area (Å²) >= 11 is 0. The summed E-state index contributed by atoms with van der Waals surface area (Å²) in [5.41, 5.74) is 6.27. The highest BCUT2D eigenvalue weighted by Gasteiger charge is 2.43. The van der Waals surface area contributed by atoms with Gasteiger partial charge in [-0.05, 0) is 49.8 Å². The summed E-state index contributed by atoms with van der Waals surface area (Å²) < 4.78 is 13.5. The molecular formula is C21H27FN4O2. The van der Waals surface area contributed by atoms with E-state index in [0.29, 0.717) is 43.7 Å². The number of hydrogen-bond donors (Lipinski definition) is 2. The van der Waals surface area contributed by atoms with E-state index in [4.69, 9.17) is 5.73 Å². The predicted molar refractivity (Wildman–Crippen MR) is 105 cm³/mol. The molecule has 1 aromatic carbocycles. The molecule has 0 spiro atoms. The van der Waals surface area contributed by atoms with E-state index < -0.39 is 11.5 Å². The molecule has 0 radical (unpaired) electrons. The van der Waals surface area contributed by atoms with Crippen molar-refractivity contribution in [3.05, 3.63) is 65.2 Å². The number of aromatic nitrogens is 1. The molecule has 1 fully saturated rings. The fraction of sp³-hybridized carbons (Fsp3) is 0.429. The standard InChI is InChI=1S/C21H27FN4O2/c1-25(2)13-18-14-26(12-15-8-19(22)11-24-10-15)7-6-21(18,28)17-5-3-4-16(9-17)20(23)27/h3-5,8-11,18,28H,6-7,12-14H2,1-2H3,(H2,23,27)/t18-,21-/m0/s1. The van der Waals surface area contributed by atoms with Gasteiger partial charge in [-0.3, -0.25) is 14.7 Å². The minimum atomic E-state index is -1.06. The first-order valence-electron chi connectivity index (χ1n) is 9.37. The number of benzene rings is 1. The van der Waals surface area contributed by atoms with Gasteiger partial charge in [0.2, 0.25) is 5.91 Å². The van der Waals surface area contributed by atoms with Crippen molar-refractivity contribution in [2.75, 3.05) is 33.7 Å². The first kappa shape index (κ1) is 20.4. The highest BCUT2D eigenvalue weighted by Crippen LogP contribution is 2.38. The SMILES string of the molecule is CN(C)C[C@H]1CN(Cc2cncc(F)c2)CC[C@]1(O)c1cccc(C(N)=O)c1. The van der Waals surface area contributed by atoms with E-state index in [9.17, 15) is 14.3 Å². The Morgan fingerprint density at radius 3 is 2.86 bits per heavy atom. The summed E-state index contributed by atoms with van der Waals surface area (Å²) in [5.74, 6) is -0.939. The summed E-state index contributed by atoms with van der Waals surface area (Å²) in [6.07, 6.45) is 3.37. The van der Waals surface area contributed by atoms with Gasteiger partial charge in [0.15, 0.2) is 0 Å². The quantitative estimate of drug-likeness (QED) is 0.788. The van der Waals surface area contributed by atoms with Gasteiger partial charge in [0.05, 0.1) is 11.8 Å². The van der Waals surface area contributed by atoms with Crippen LogP contribution in [0.4, 0.5) is 4.39 Å². The van der Waals surface area contributed by atoms with E-state index in [-0.39, 0.29) is 11.7 Å². The number of nitrogens with two attached hydrogens (primary N) is 1. The second kappa shape index (κ2) is 8.34. The minimum absolute atomic E-state index is 0.0825. The fourth-order valence-electron chi connectivity index (χ4n) is 4.00. The van der Waals surface area contributed by atoms with Gasteiger partial charge in [-0.25, -0.2) is 4.39 Å². The normalized spacial score (nSPS) is 23.1. The average molecular weight is 386 g/mol. The smallest absolute Gasteiger partial charge is 0.248 e. The second-order valence-electron chi connectivity index (χ2n) is 7.82. The molecule has 2 atom stereocenters. The van der Waals surface area contributed by atoms with Crippen LogP contribution in [0.25, 0.3) is 0 Å². The van der Waals surface area contributed by atoms with Gasteiger partial charge in [-0.15, -0.1) is 0 Å². The van der Waals surface area contributed by atoms with E-state index >= 15 is 0 Å². The monoisotopic (exact) mass is 386 g/mol. The zero-order chi connectivity index (χ0) is 20.3. The molecule has 0 bridgehead atoms. The van der Waals surface area contributed by atoms with Gasteiger partial charge in [0.25, 0.3) is 0 Å². The Labute approximate surface area is 164 Å². The molecule has 2 heterocycles. The zero-order valence-electron chi connectivity index (χ0n) is 16.3. The summed E-state index contributed by atoms with van der Waals surface area (Å²) in [4.78, 5) is 19.7. The van der Waals surface area contributed by atoms with E-state index in [2.05, 4.69) is 9.88 Å². The van der Waals surface area contributed by atoms with Crippen LogP contribution < -0.4 is 5.73 Å². The van der Waals surface area contributed by atoms with E-state index in [1.165, 1.54) is 12.3 Å². The van der Waals surface area contributed by atoms with E-state index in [1.54, 1.807) is 24.4 Å². The molecule has 150 valence electrons. The Balaban J connectivity index is 1.84. The fourth-order valence-corrected chi connectivity index (χ4v) is 4.00. The van der Waals surface area contributed by atoms with Crippen LogP contribution in [0.5, 0.6) is 0 Å². The van der Waals surface area contributed by atoms with Crippen molar-refractivity contribution in [2.45, 2.75) is 18.6 Å². The van der Waals surface area contributed by atoms with E-state index in [0.717, 1.165) is 5.56 Å². The number of hydrogen-bond acceptors (Lipinski definition) is 5. The van der Waals surface area contributed by atoms with Gasteiger partial charge in [-0.2, -0.15) is 0 Å². The number of primary amides is 1. The van der Waals surface area contributed by atoms with Crippen molar-refractivity contribution in [3.63, 3.8) is 0 Å². The maximum Gasteiger partial charge on any atom is 0.248 e. The number of carbonyl (C=O) groups excluding carboxylic acids is 1. The van der Waals surface area contributed by atoms with Crippen LogP contribution in [0.1, 0.15) is 27.9 Å². The lowest BCUT2D eigenvalue weighted by molar-refractivity contribution is -0.0862. The molecule has 1 aromatic heterocycles. The highest BCUT2D eigenvalue weighted by atomic mass is 19.1. The molecule has 3 rings (SSSR count). The number of carbonyl (C=O) groups is 1. The third-order valence-corrected chi connectivity index (χ3v) is 5.36. The lowest BCUT2D eigenvalue weighted by Crippen LogP contribution is -2.52. The van der Waals surface area contributed by atoms with Crippen LogP contribution >= 0.6 is 0 Å². The summed E-state index contributed by atoms with van der Waals surface area (Å²) in [6, 6.07) is 8.44. The lowest BCUT2D eigenvalue weighted by atomic mass is 9.75. The second-order valence-corrected chi connectivity index (χ2v) is 7.82. The van der Waals surface area contributed by atoms with Crippen LogP contribution in [-0.2, 0) is 12.1 Å². The van der Waals surface area contributed by atoms with Gasteiger partial charge >= 0.3 is 0 Å². The molecule has 2 aromatic rings. The van der Waals surface area contributed by atoms with Crippen LogP contribution in [-0.4, -0.2) is 59.5 Å². The van der Waals surface area contributed by atoms with Crippen molar-refractivity contribution < 1.29 is 14.3 Å². The maximum atomic E-state index is 13.5. The summed E-state index contributed by atoms with van der Waals surface area (Å²) in [7, 11) is 3.94. The third kappa shape index (κ3) is 4.55. The van der Waals surface area contributed by atoms with Crippen LogP contribution in [0.2, 0.25) is 0 Å². The first-order chi connectivity index (χ1) is 13.3. The van der Waals surface area contributed by atoms with Gasteiger partial charge in [0.1, 0.15) is 5.82 Å². The van der Waals surface area contributed by atoms with E-state index in [1.807, 2.05) is 25.1 Å². The number of aliphatic hydroxyl groups is 1. The maximum absolute atomic E-state index is 13.5. The zero-order valence-corrected chi connectivity index (χ0v) is 16.3. The Kier molecular flexibility index (Phi) is 6.07. The molecule has 0 unspecified atom stereocenters. The van der Waals surface area contributed by atoms with Crippen molar-refractivity contribution in [1.82, 2.24) is 14.8 Å². The Morgan fingerprint density at radius 1 is 1.39 bits per heavy atom. The number of piperidine rings is 1. The number of likely N-dealkylation sites (tertiary alicyclic amines) is 1.